The van der Waals surface area contributed by atoms with Crippen LogP contribution in [0, 0.1) is 17.8 Å². The number of rotatable bonds is 3. The smallest absolute Gasteiger partial charge is 0.350 e. The molecule has 4 bridgehead atoms. The van der Waals surface area contributed by atoms with Crippen LogP contribution in [0.1, 0.15) is 60.8 Å². The average molecular weight is 356 g/mol. The molecule has 6 rings (SSSR count). The fourth-order valence-electron chi connectivity index (χ4n) is 6.07. The van der Waals surface area contributed by atoms with Crippen LogP contribution >= 0.6 is 11.3 Å². The Morgan fingerprint density at radius 3 is 2.48 bits per heavy atom. The zero-order chi connectivity index (χ0) is 17.2. The molecular formula is C20H24N2O2S. The molecule has 0 saturated heterocycles. The van der Waals surface area contributed by atoms with Crippen LogP contribution in [0.4, 0.5) is 5.69 Å². The van der Waals surface area contributed by atoms with Gasteiger partial charge in [0.15, 0.2) is 0 Å². The van der Waals surface area contributed by atoms with Crippen molar-refractivity contribution >= 4 is 33.2 Å². The molecule has 0 aromatic carbocycles. The Bertz CT molecular complexity index is 821. The number of nitrogens with two attached hydrogens (primary N) is 1. The molecule has 4 nitrogen and oxygen atoms in total. The lowest BCUT2D eigenvalue weighted by atomic mass is 9.49. The molecule has 5 heteroatoms. The number of nitrogen functional groups attached to an aromatic ring is 1. The predicted octanol–water partition coefficient (Wildman–Crippen LogP) is 4.52. The lowest BCUT2D eigenvalue weighted by molar-refractivity contribution is -0.00704. The van der Waals surface area contributed by atoms with Gasteiger partial charge in [-0.1, -0.05) is 0 Å². The number of pyridine rings is 1. The van der Waals surface area contributed by atoms with Crippen molar-refractivity contribution < 1.29 is 9.53 Å². The second kappa shape index (κ2) is 5.44. The Balaban J connectivity index is 1.56. The van der Waals surface area contributed by atoms with Crippen LogP contribution in [0.2, 0.25) is 0 Å². The minimum Gasteiger partial charge on any atom is -0.462 e. The van der Waals surface area contributed by atoms with Gasteiger partial charge in [0, 0.05) is 16.5 Å². The monoisotopic (exact) mass is 356 g/mol. The van der Waals surface area contributed by atoms with Gasteiger partial charge in [0.25, 0.3) is 0 Å². The van der Waals surface area contributed by atoms with E-state index in [0.717, 1.165) is 28.0 Å². The Morgan fingerprint density at radius 2 is 1.88 bits per heavy atom. The molecule has 4 saturated carbocycles. The third kappa shape index (κ3) is 2.31. The fraction of sp³-hybridized carbons (Fsp3) is 0.600. The third-order valence-corrected chi connectivity index (χ3v) is 7.73. The number of esters is 1. The lowest BCUT2D eigenvalue weighted by Gasteiger charge is -2.56. The van der Waals surface area contributed by atoms with Crippen LogP contribution in [0.5, 0.6) is 0 Å². The standard InChI is InChI=1S/C20H24N2O2S/c1-2-24-19(23)17-16(21)14-3-4-15(22-18(14)25-17)20-8-11-5-12(9-20)7-13(6-11)10-20/h3-4,11-13H,2,5-10,21H2,1H3. The Kier molecular flexibility index (Phi) is 3.40. The first-order valence-corrected chi connectivity index (χ1v) is 10.3. The zero-order valence-electron chi connectivity index (χ0n) is 14.6. The second-order valence-corrected chi connectivity index (χ2v) is 9.31. The van der Waals surface area contributed by atoms with E-state index in [0.29, 0.717) is 17.2 Å². The van der Waals surface area contributed by atoms with Crippen LogP contribution in [0.15, 0.2) is 12.1 Å². The second-order valence-electron chi connectivity index (χ2n) is 8.31. The maximum Gasteiger partial charge on any atom is 0.350 e. The first-order valence-electron chi connectivity index (χ1n) is 9.44. The Morgan fingerprint density at radius 1 is 1.24 bits per heavy atom. The van der Waals surface area contributed by atoms with Crippen molar-refractivity contribution in [1.82, 2.24) is 4.98 Å². The summed E-state index contributed by atoms with van der Waals surface area (Å²) in [6.45, 7) is 2.17. The van der Waals surface area contributed by atoms with E-state index in [2.05, 4.69) is 12.1 Å². The summed E-state index contributed by atoms with van der Waals surface area (Å²) in [6.07, 6.45) is 8.18. The number of ether oxygens (including phenoxy) is 1. The van der Waals surface area contributed by atoms with E-state index in [1.54, 1.807) is 0 Å². The van der Waals surface area contributed by atoms with Crippen molar-refractivity contribution in [3.05, 3.63) is 22.7 Å². The van der Waals surface area contributed by atoms with Crippen molar-refractivity contribution in [1.29, 1.82) is 0 Å². The van der Waals surface area contributed by atoms with Gasteiger partial charge in [0.2, 0.25) is 0 Å². The topological polar surface area (TPSA) is 65.2 Å². The fourth-order valence-corrected chi connectivity index (χ4v) is 7.05. The summed E-state index contributed by atoms with van der Waals surface area (Å²) in [4.78, 5) is 18.5. The summed E-state index contributed by atoms with van der Waals surface area (Å²) in [6, 6.07) is 4.25. The van der Waals surface area contributed by atoms with E-state index in [1.165, 1.54) is 55.6 Å². The summed E-state index contributed by atoms with van der Waals surface area (Å²) in [7, 11) is 0. The molecule has 0 amide bonds. The zero-order valence-corrected chi connectivity index (χ0v) is 15.4. The van der Waals surface area contributed by atoms with Crippen molar-refractivity contribution in [3.63, 3.8) is 0 Å². The number of hydrogen-bond donors (Lipinski definition) is 1. The number of hydrogen-bond acceptors (Lipinski definition) is 5. The lowest BCUT2D eigenvalue weighted by Crippen LogP contribution is -2.48. The molecule has 0 radical (unpaired) electrons. The quantitative estimate of drug-likeness (QED) is 0.821. The number of fused-ring (bicyclic) bond motifs is 1. The van der Waals surface area contributed by atoms with Gasteiger partial charge in [-0.2, -0.15) is 0 Å². The van der Waals surface area contributed by atoms with Crippen molar-refractivity contribution in [2.45, 2.75) is 50.9 Å². The molecule has 25 heavy (non-hydrogen) atoms. The maximum absolute atomic E-state index is 12.1. The highest BCUT2D eigenvalue weighted by atomic mass is 32.1. The molecule has 0 spiro atoms. The first-order chi connectivity index (χ1) is 12.1. The van der Waals surface area contributed by atoms with Crippen LogP contribution in [0.3, 0.4) is 0 Å². The number of carbonyl (C=O) groups excluding carboxylic acids is 1. The number of carbonyl (C=O) groups is 1. The minimum absolute atomic E-state index is 0.270. The Hall–Kier alpha value is -1.62. The van der Waals surface area contributed by atoms with Gasteiger partial charge in [0.1, 0.15) is 9.71 Å². The van der Waals surface area contributed by atoms with Gasteiger partial charge < -0.3 is 10.5 Å². The summed E-state index contributed by atoms with van der Waals surface area (Å²) in [5.41, 5.74) is 8.21. The number of aromatic nitrogens is 1. The molecule has 0 unspecified atom stereocenters. The van der Waals surface area contributed by atoms with Crippen molar-refractivity contribution in [2.75, 3.05) is 12.3 Å². The van der Waals surface area contributed by atoms with Crippen LogP contribution in [-0.2, 0) is 10.2 Å². The molecule has 0 aliphatic heterocycles. The van der Waals surface area contributed by atoms with Gasteiger partial charge in [0.05, 0.1) is 12.3 Å². The average Bonchev–Trinajstić information content (AvgIpc) is 2.90. The molecule has 2 aromatic heterocycles. The first kappa shape index (κ1) is 15.6. The molecule has 2 heterocycles. The molecule has 0 atom stereocenters. The van der Waals surface area contributed by atoms with Gasteiger partial charge >= 0.3 is 5.97 Å². The largest absolute Gasteiger partial charge is 0.462 e. The summed E-state index contributed by atoms with van der Waals surface area (Å²) in [5, 5.41) is 0.890. The maximum atomic E-state index is 12.1. The van der Waals surface area contributed by atoms with Crippen LogP contribution in [0.25, 0.3) is 10.2 Å². The summed E-state index contributed by atoms with van der Waals surface area (Å²) >= 11 is 1.38. The van der Waals surface area contributed by atoms with E-state index >= 15 is 0 Å². The van der Waals surface area contributed by atoms with Crippen LogP contribution in [-0.4, -0.2) is 17.6 Å². The van der Waals surface area contributed by atoms with E-state index in [1.807, 2.05) is 6.92 Å². The Labute approximate surface area is 151 Å². The third-order valence-electron chi connectivity index (χ3n) is 6.64. The molecule has 132 valence electrons. The van der Waals surface area contributed by atoms with E-state index in [4.69, 9.17) is 15.5 Å². The SMILES string of the molecule is CCOC(=O)c1sc2nc(C34CC5CC(CC(C5)C3)C4)ccc2c1N. The highest BCUT2D eigenvalue weighted by molar-refractivity contribution is 7.21. The van der Waals surface area contributed by atoms with Gasteiger partial charge in [-0.15, -0.1) is 11.3 Å². The van der Waals surface area contributed by atoms with Crippen molar-refractivity contribution in [2.24, 2.45) is 17.8 Å². The number of nitrogens with zero attached hydrogens (tertiary/aromatic N) is 1. The molecule has 4 aliphatic rings. The highest BCUT2D eigenvalue weighted by Crippen LogP contribution is 2.60. The molecule has 4 fully saturated rings. The van der Waals surface area contributed by atoms with E-state index in [-0.39, 0.29) is 11.4 Å². The summed E-state index contributed by atoms with van der Waals surface area (Å²) < 4.78 is 5.13. The molecular weight excluding hydrogens is 332 g/mol. The summed E-state index contributed by atoms with van der Waals surface area (Å²) in [5.74, 6) is 2.35. The van der Waals surface area contributed by atoms with E-state index < -0.39 is 0 Å². The normalized spacial score (nSPS) is 33.1. The van der Waals surface area contributed by atoms with Crippen molar-refractivity contribution in [3.8, 4) is 0 Å². The predicted molar refractivity (Wildman–Crippen MR) is 99.8 cm³/mol. The molecule has 4 aliphatic carbocycles. The van der Waals surface area contributed by atoms with Gasteiger partial charge in [-0.3, -0.25) is 0 Å². The van der Waals surface area contributed by atoms with Gasteiger partial charge in [-0.25, -0.2) is 9.78 Å². The number of thiophene rings is 1. The molecule has 2 N–H and O–H groups in total. The molecule has 2 aromatic rings. The number of anilines is 1. The van der Waals surface area contributed by atoms with E-state index in [9.17, 15) is 4.79 Å². The van der Waals surface area contributed by atoms with Crippen LogP contribution < -0.4 is 5.73 Å². The highest BCUT2D eigenvalue weighted by Gasteiger charge is 2.52. The minimum atomic E-state index is -0.334. The van der Waals surface area contributed by atoms with Gasteiger partial charge in [-0.05, 0) is 75.3 Å².